The van der Waals surface area contributed by atoms with Gasteiger partial charge in [-0.05, 0) is 30.7 Å². The van der Waals surface area contributed by atoms with Crippen molar-refractivity contribution in [1.82, 2.24) is 0 Å². The van der Waals surface area contributed by atoms with Crippen LogP contribution in [0.1, 0.15) is 31.2 Å². The van der Waals surface area contributed by atoms with Crippen LogP contribution in [-0.4, -0.2) is 11.6 Å². The Morgan fingerprint density at radius 3 is 2.72 bits per heavy atom. The lowest BCUT2D eigenvalue weighted by Crippen LogP contribution is -2.09. The summed E-state index contributed by atoms with van der Waals surface area (Å²) in [6.45, 7) is 0. The van der Waals surface area contributed by atoms with Crippen LogP contribution in [0.4, 0.5) is 0 Å². The van der Waals surface area contributed by atoms with Crippen molar-refractivity contribution in [3.05, 3.63) is 35.9 Å². The molecule has 2 heteroatoms. The van der Waals surface area contributed by atoms with Gasteiger partial charge in [-0.1, -0.05) is 30.3 Å². The Hall–Kier alpha value is -1.44. The Labute approximate surface area is 107 Å². The first-order chi connectivity index (χ1) is 8.77. The molecule has 0 N–H and O–H groups in total. The Morgan fingerprint density at radius 2 is 2.00 bits per heavy atom. The van der Waals surface area contributed by atoms with Crippen molar-refractivity contribution in [2.45, 2.75) is 32.1 Å². The number of aryl methyl sites for hydroxylation is 1. The normalized spacial score (nSPS) is 29.8. The number of hydrogen-bond acceptors (Lipinski definition) is 2. The summed E-state index contributed by atoms with van der Waals surface area (Å²) in [5.74, 6) is 1.22. The minimum atomic E-state index is 0.0729. The van der Waals surface area contributed by atoms with E-state index in [4.69, 9.17) is 0 Å². The van der Waals surface area contributed by atoms with Gasteiger partial charge in [0, 0.05) is 24.7 Å². The van der Waals surface area contributed by atoms with E-state index >= 15 is 0 Å². The maximum absolute atomic E-state index is 12.1. The number of Topliss-reactive ketones (excluding diaryl/α,β-unsaturated/α-hetero) is 2. The van der Waals surface area contributed by atoms with Crippen molar-refractivity contribution in [1.29, 1.82) is 0 Å². The number of carbonyl (C=O) groups is 2. The largest absolute Gasteiger partial charge is 0.299 e. The smallest absolute Gasteiger partial charge is 0.137 e. The van der Waals surface area contributed by atoms with Gasteiger partial charge in [-0.15, -0.1) is 0 Å². The van der Waals surface area contributed by atoms with E-state index in [1.165, 1.54) is 5.56 Å². The van der Waals surface area contributed by atoms with Crippen molar-refractivity contribution < 1.29 is 9.59 Å². The summed E-state index contributed by atoms with van der Waals surface area (Å²) in [5.41, 5.74) is 1.21. The molecule has 94 valence electrons. The first kappa shape index (κ1) is 11.6. The minimum Gasteiger partial charge on any atom is -0.299 e. The van der Waals surface area contributed by atoms with Gasteiger partial charge in [0.05, 0.1) is 0 Å². The summed E-state index contributed by atoms with van der Waals surface area (Å²) >= 11 is 0. The van der Waals surface area contributed by atoms with E-state index in [2.05, 4.69) is 12.1 Å². The predicted octanol–water partition coefficient (Wildman–Crippen LogP) is 2.80. The fraction of sp³-hybridized carbons (Fsp3) is 0.500. The molecule has 2 fully saturated rings. The van der Waals surface area contributed by atoms with Crippen LogP contribution in [0.5, 0.6) is 0 Å². The SMILES string of the molecule is O=C1CCC[C@@H]2[C@H]1[C@H]2C(=O)CCc1ccccc1. The Morgan fingerprint density at radius 1 is 1.22 bits per heavy atom. The predicted molar refractivity (Wildman–Crippen MR) is 69.1 cm³/mol. The van der Waals surface area contributed by atoms with Crippen LogP contribution < -0.4 is 0 Å². The van der Waals surface area contributed by atoms with Gasteiger partial charge in [0.15, 0.2) is 0 Å². The molecule has 0 amide bonds. The van der Waals surface area contributed by atoms with E-state index < -0.39 is 0 Å². The number of fused-ring (bicyclic) bond motifs is 1. The quantitative estimate of drug-likeness (QED) is 0.813. The molecule has 0 spiro atoms. The van der Waals surface area contributed by atoms with Crippen molar-refractivity contribution >= 4 is 11.6 Å². The van der Waals surface area contributed by atoms with Gasteiger partial charge in [-0.2, -0.15) is 0 Å². The summed E-state index contributed by atoms with van der Waals surface area (Å²) in [7, 11) is 0. The standard InChI is InChI=1S/C16H18O2/c17-13-8-4-7-12-15(13)16(12)14(18)10-9-11-5-2-1-3-6-11/h1-3,5-6,12,15-16H,4,7-10H2/t12-,15-,16-/m1/s1. The van der Waals surface area contributed by atoms with E-state index in [9.17, 15) is 9.59 Å². The number of hydrogen-bond donors (Lipinski definition) is 0. The third-order valence-corrected chi connectivity index (χ3v) is 4.38. The molecule has 3 rings (SSSR count). The number of rotatable bonds is 4. The summed E-state index contributed by atoms with van der Waals surface area (Å²) in [4.78, 5) is 23.8. The topological polar surface area (TPSA) is 34.1 Å². The van der Waals surface area contributed by atoms with Gasteiger partial charge >= 0.3 is 0 Å². The van der Waals surface area contributed by atoms with Crippen LogP contribution >= 0.6 is 0 Å². The second-order valence-corrected chi connectivity index (χ2v) is 5.53. The van der Waals surface area contributed by atoms with Crippen molar-refractivity contribution in [3.8, 4) is 0 Å². The molecule has 0 unspecified atom stereocenters. The summed E-state index contributed by atoms with van der Waals surface area (Å²) in [6.07, 6.45) is 4.17. The highest BCUT2D eigenvalue weighted by atomic mass is 16.1. The molecule has 2 aliphatic carbocycles. The fourth-order valence-corrected chi connectivity index (χ4v) is 3.37. The highest BCUT2D eigenvalue weighted by Gasteiger charge is 2.58. The second kappa shape index (κ2) is 4.68. The molecule has 0 saturated heterocycles. The van der Waals surface area contributed by atoms with Crippen molar-refractivity contribution in [3.63, 3.8) is 0 Å². The van der Waals surface area contributed by atoms with Crippen molar-refractivity contribution in [2.75, 3.05) is 0 Å². The average molecular weight is 242 g/mol. The molecule has 0 aromatic heterocycles. The van der Waals surface area contributed by atoms with E-state index in [1.807, 2.05) is 18.2 Å². The van der Waals surface area contributed by atoms with Crippen LogP contribution in [0.2, 0.25) is 0 Å². The lowest BCUT2D eigenvalue weighted by atomic mass is 10.00. The third-order valence-electron chi connectivity index (χ3n) is 4.38. The lowest BCUT2D eigenvalue weighted by molar-refractivity contribution is -0.125. The number of benzene rings is 1. The van der Waals surface area contributed by atoms with Crippen LogP contribution in [-0.2, 0) is 16.0 Å². The molecule has 0 bridgehead atoms. The maximum atomic E-state index is 12.1. The molecule has 0 heterocycles. The fourth-order valence-electron chi connectivity index (χ4n) is 3.37. The molecule has 0 aliphatic heterocycles. The summed E-state index contributed by atoms with van der Waals surface area (Å²) in [5, 5.41) is 0. The van der Waals surface area contributed by atoms with Gasteiger partial charge < -0.3 is 0 Å². The average Bonchev–Trinajstić information content (AvgIpc) is 3.13. The lowest BCUT2D eigenvalue weighted by Gasteiger charge is -2.04. The molecular weight excluding hydrogens is 224 g/mol. The molecule has 1 aromatic carbocycles. The Balaban J connectivity index is 1.56. The van der Waals surface area contributed by atoms with Crippen LogP contribution in [0.15, 0.2) is 30.3 Å². The zero-order valence-electron chi connectivity index (χ0n) is 10.5. The zero-order chi connectivity index (χ0) is 12.5. The molecular formula is C16H18O2. The molecule has 18 heavy (non-hydrogen) atoms. The molecule has 3 atom stereocenters. The third kappa shape index (κ3) is 2.12. The van der Waals surface area contributed by atoms with Gasteiger partial charge in [0.1, 0.15) is 11.6 Å². The van der Waals surface area contributed by atoms with Crippen LogP contribution in [0, 0.1) is 17.8 Å². The highest BCUT2D eigenvalue weighted by molar-refractivity contribution is 5.96. The number of ketones is 2. The van der Waals surface area contributed by atoms with E-state index in [1.54, 1.807) is 0 Å². The highest BCUT2D eigenvalue weighted by Crippen LogP contribution is 2.54. The monoisotopic (exact) mass is 242 g/mol. The van der Waals surface area contributed by atoms with Crippen LogP contribution in [0.3, 0.4) is 0 Å². The zero-order valence-corrected chi connectivity index (χ0v) is 10.5. The maximum Gasteiger partial charge on any atom is 0.137 e. The first-order valence-corrected chi connectivity index (χ1v) is 6.87. The first-order valence-electron chi connectivity index (χ1n) is 6.87. The second-order valence-electron chi connectivity index (χ2n) is 5.53. The van der Waals surface area contributed by atoms with Crippen molar-refractivity contribution in [2.24, 2.45) is 17.8 Å². The number of carbonyl (C=O) groups excluding carboxylic acids is 2. The minimum absolute atomic E-state index is 0.0729. The molecule has 2 nitrogen and oxygen atoms in total. The molecule has 0 radical (unpaired) electrons. The Kier molecular flexibility index (Phi) is 3.02. The summed E-state index contributed by atoms with van der Waals surface area (Å²) in [6, 6.07) is 10.1. The summed E-state index contributed by atoms with van der Waals surface area (Å²) < 4.78 is 0. The van der Waals surface area contributed by atoms with Gasteiger partial charge in [-0.3, -0.25) is 9.59 Å². The van der Waals surface area contributed by atoms with Gasteiger partial charge in [0.25, 0.3) is 0 Å². The molecule has 2 aliphatic rings. The van der Waals surface area contributed by atoms with Gasteiger partial charge in [-0.25, -0.2) is 0 Å². The van der Waals surface area contributed by atoms with E-state index in [-0.39, 0.29) is 11.8 Å². The van der Waals surface area contributed by atoms with Gasteiger partial charge in [0.2, 0.25) is 0 Å². The Bertz CT molecular complexity index is 463. The van der Waals surface area contributed by atoms with E-state index in [0.717, 1.165) is 19.3 Å². The van der Waals surface area contributed by atoms with Crippen LogP contribution in [0.25, 0.3) is 0 Å². The molecule has 1 aromatic rings. The van der Waals surface area contributed by atoms with E-state index in [0.29, 0.717) is 30.3 Å². The molecule has 2 saturated carbocycles.